The molecule has 0 nitrogen and oxygen atoms in total. The molecule has 0 radical (unpaired) electrons. The highest BCUT2D eigenvalue weighted by atomic mass is 14.6. The number of fused-ring (bicyclic) bond motifs is 2. The molecule has 24 heavy (non-hydrogen) atoms. The molecule has 1 aromatic carbocycles. The van der Waals surface area contributed by atoms with Gasteiger partial charge in [0.15, 0.2) is 0 Å². The Morgan fingerprint density at radius 3 is 2.58 bits per heavy atom. The van der Waals surface area contributed by atoms with Gasteiger partial charge in [-0.15, -0.1) is 0 Å². The van der Waals surface area contributed by atoms with Crippen LogP contribution < -0.4 is 0 Å². The maximum absolute atomic E-state index is 2.57. The third kappa shape index (κ3) is 2.11. The smallest absolute Gasteiger partial charge is 0.00181 e. The predicted octanol–water partition coefficient (Wildman–Crippen LogP) is 6.22. The lowest BCUT2D eigenvalue weighted by Gasteiger charge is -2.50. The zero-order valence-corrected chi connectivity index (χ0v) is 14.8. The molecule has 2 saturated carbocycles. The molecule has 3 unspecified atom stereocenters. The summed E-state index contributed by atoms with van der Waals surface area (Å²) < 4.78 is 0. The minimum absolute atomic E-state index is 0.472. The third-order valence-corrected chi connectivity index (χ3v) is 7.87. The Balaban J connectivity index is 1.64. The van der Waals surface area contributed by atoms with Crippen LogP contribution in [0.5, 0.6) is 0 Å². The van der Waals surface area contributed by atoms with Crippen LogP contribution in [0.1, 0.15) is 62.5 Å². The third-order valence-electron chi connectivity index (χ3n) is 7.87. The normalized spacial score (nSPS) is 38.2. The minimum Gasteiger partial charge on any atom is -0.0808 e. The minimum atomic E-state index is 0.472. The molecule has 2 fully saturated rings. The molecule has 0 bridgehead atoms. The van der Waals surface area contributed by atoms with Crippen molar-refractivity contribution in [1.29, 1.82) is 0 Å². The quantitative estimate of drug-likeness (QED) is 0.607. The number of rotatable bonds is 2. The van der Waals surface area contributed by atoms with Crippen LogP contribution in [0.4, 0.5) is 0 Å². The first-order chi connectivity index (χ1) is 11.9. The second kappa shape index (κ2) is 5.90. The number of hydrogen-bond donors (Lipinski definition) is 0. The van der Waals surface area contributed by atoms with Gasteiger partial charge >= 0.3 is 0 Å². The lowest BCUT2D eigenvalue weighted by atomic mass is 9.53. The number of benzene rings is 1. The first kappa shape index (κ1) is 15.0. The van der Waals surface area contributed by atoms with Crippen LogP contribution in [0.3, 0.4) is 0 Å². The van der Waals surface area contributed by atoms with Gasteiger partial charge in [-0.2, -0.15) is 0 Å². The highest BCUT2D eigenvalue weighted by Gasteiger charge is 2.53. The van der Waals surface area contributed by atoms with Crippen molar-refractivity contribution in [3.63, 3.8) is 0 Å². The van der Waals surface area contributed by atoms with E-state index in [0.717, 1.165) is 23.7 Å². The summed E-state index contributed by atoms with van der Waals surface area (Å²) in [7, 11) is 0. The zero-order valence-electron chi connectivity index (χ0n) is 14.8. The van der Waals surface area contributed by atoms with Gasteiger partial charge in [0.25, 0.3) is 0 Å². The van der Waals surface area contributed by atoms with Crippen molar-refractivity contribution in [3.8, 4) is 0 Å². The molecule has 0 aliphatic heterocycles. The van der Waals surface area contributed by atoms with Gasteiger partial charge in [-0.1, -0.05) is 61.4 Å². The first-order valence-corrected chi connectivity index (χ1v) is 10.3. The molecular formula is C24H30. The van der Waals surface area contributed by atoms with Crippen molar-refractivity contribution in [1.82, 2.24) is 0 Å². The number of allylic oxidation sites excluding steroid dienone is 4. The van der Waals surface area contributed by atoms with Gasteiger partial charge in [0, 0.05) is 5.41 Å². The van der Waals surface area contributed by atoms with E-state index in [4.69, 9.17) is 0 Å². The predicted molar refractivity (Wildman–Crippen MR) is 101 cm³/mol. The molecule has 1 aromatic rings. The van der Waals surface area contributed by atoms with E-state index in [1.165, 1.54) is 57.8 Å². The van der Waals surface area contributed by atoms with Gasteiger partial charge in [0.05, 0.1) is 0 Å². The summed E-state index contributed by atoms with van der Waals surface area (Å²) in [5.41, 5.74) is 3.91. The Kier molecular flexibility index (Phi) is 3.69. The van der Waals surface area contributed by atoms with Crippen LogP contribution in [0.15, 0.2) is 48.6 Å². The van der Waals surface area contributed by atoms with Crippen molar-refractivity contribution < 1.29 is 0 Å². The van der Waals surface area contributed by atoms with Gasteiger partial charge in [-0.25, -0.2) is 0 Å². The van der Waals surface area contributed by atoms with E-state index in [0.29, 0.717) is 5.41 Å². The Morgan fingerprint density at radius 2 is 1.67 bits per heavy atom. The van der Waals surface area contributed by atoms with Gasteiger partial charge in [0.2, 0.25) is 0 Å². The molecule has 4 aliphatic rings. The maximum Gasteiger partial charge on any atom is 0.00181 e. The molecule has 0 N–H and O–H groups in total. The second-order valence-electron chi connectivity index (χ2n) is 8.73. The zero-order chi connectivity index (χ0) is 16.0. The highest BCUT2D eigenvalue weighted by Crippen LogP contribution is 2.60. The molecule has 0 heterocycles. The Bertz CT molecular complexity index is 660. The van der Waals surface area contributed by atoms with E-state index < -0.39 is 0 Å². The molecule has 5 rings (SSSR count). The van der Waals surface area contributed by atoms with Crippen LogP contribution in [0.25, 0.3) is 0 Å². The Hall–Kier alpha value is -1.30. The van der Waals surface area contributed by atoms with Crippen LogP contribution in [0.2, 0.25) is 0 Å². The van der Waals surface area contributed by atoms with Gasteiger partial charge in [-0.05, 0) is 79.7 Å². The van der Waals surface area contributed by atoms with Crippen molar-refractivity contribution in [2.45, 2.75) is 63.2 Å². The average molecular weight is 319 g/mol. The van der Waals surface area contributed by atoms with Crippen molar-refractivity contribution in [2.75, 3.05) is 0 Å². The fourth-order valence-electron chi connectivity index (χ4n) is 7.01. The van der Waals surface area contributed by atoms with Crippen LogP contribution >= 0.6 is 0 Å². The largest absolute Gasteiger partial charge is 0.0808 e. The molecule has 0 saturated heterocycles. The van der Waals surface area contributed by atoms with Crippen LogP contribution in [0, 0.1) is 23.7 Å². The van der Waals surface area contributed by atoms with Crippen molar-refractivity contribution in [3.05, 3.63) is 59.7 Å². The number of aryl methyl sites for hydroxylation is 1. The maximum atomic E-state index is 2.57. The van der Waals surface area contributed by atoms with E-state index in [1.54, 1.807) is 11.1 Å². The second-order valence-corrected chi connectivity index (χ2v) is 8.73. The Morgan fingerprint density at radius 1 is 0.833 bits per heavy atom. The van der Waals surface area contributed by atoms with Crippen molar-refractivity contribution >= 4 is 0 Å². The molecule has 0 amide bonds. The molecule has 4 aliphatic carbocycles. The standard InChI is InChI=1S/C24H30/c1-5-13-21-18(8-1)15-16-23(21)24(20-11-3-4-12-20)17-7-10-19-9-2-6-14-22(19)24/h1-2,5-6,8-9,13-14,18,20-21,23H,3-4,7,10-12,15-17H2/t18?,21?,23?,24-/m1/s1. The first-order valence-electron chi connectivity index (χ1n) is 10.3. The fraction of sp³-hybridized carbons (Fsp3) is 0.583. The molecule has 0 aromatic heterocycles. The van der Waals surface area contributed by atoms with Crippen molar-refractivity contribution in [2.24, 2.45) is 23.7 Å². The van der Waals surface area contributed by atoms with E-state index in [-0.39, 0.29) is 0 Å². The van der Waals surface area contributed by atoms with E-state index in [2.05, 4.69) is 48.6 Å². The Labute approximate surface area is 147 Å². The lowest BCUT2D eigenvalue weighted by molar-refractivity contribution is 0.119. The van der Waals surface area contributed by atoms with Gasteiger partial charge in [-0.3, -0.25) is 0 Å². The molecular weight excluding hydrogens is 288 g/mol. The summed E-state index contributed by atoms with van der Waals surface area (Å²) >= 11 is 0. The molecule has 4 atom stereocenters. The molecule has 0 spiro atoms. The summed E-state index contributed by atoms with van der Waals surface area (Å²) in [6, 6.07) is 9.53. The summed E-state index contributed by atoms with van der Waals surface area (Å²) in [5, 5.41) is 0. The van der Waals surface area contributed by atoms with E-state index >= 15 is 0 Å². The topological polar surface area (TPSA) is 0 Å². The summed E-state index contributed by atoms with van der Waals surface area (Å²) in [4.78, 5) is 0. The summed E-state index contributed by atoms with van der Waals surface area (Å²) in [6.07, 6.45) is 22.6. The monoisotopic (exact) mass is 318 g/mol. The van der Waals surface area contributed by atoms with E-state index in [1.807, 2.05) is 0 Å². The van der Waals surface area contributed by atoms with Gasteiger partial charge in [0.1, 0.15) is 0 Å². The van der Waals surface area contributed by atoms with E-state index in [9.17, 15) is 0 Å². The highest BCUT2D eigenvalue weighted by molar-refractivity contribution is 5.40. The molecule has 126 valence electrons. The van der Waals surface area contributed by atoms with Crippen LogP contribution in [-0.2, 0) is 11.8 Å². The van der Waals surface area contributed by atoms with Crippen LogP contribution in [-0.4, -0.2) is 0 Å². The SMILES string of the molecule is C1=CC2CCC([C@@]3(C4CCCC4)CCCc4ccccc43)C2C=C1. The molecule has 0 heteroatoms. The number of hydrogen-bond acceptors (Lipinski definition) is 0. The summed E-state index contributed by atoms with van der Waals surface area (Å²) in [5.74, 6) is 3.41. The average Bonchev–Trinajstić information content (AvgIpc) is 3.31. The fourth-order valence-corrected chi connectivity index (χ4v) is 7.01. The summed E-state index contributed by atoms with van der Waals surface area (Å²) in [6.45, 7) is 0. The van der Waals surface area contributed by atoms with Gasteiger partial charge < -0.3 is 0 Å². The lowest BCUT2D eigenvalue weighted by Crippen LogP contribution is -2.46.